The molecular formula is C15H16F2N4O. The van der Waals surface area contributed by atoms with Crippen molar-refractivity contribution < 1.29 is 13.6 Å². The van der Waals surface area contributed by atoms with E-state index in [9.17, 15) is 13.6 Å². The van der Waals surface area contributed by atoms with Crippen molar-refractivity contribution in [3.8, 4) is 0 Å². The molecule has 3 rings (SSSR count). The van der Waals surface area contributed by atoms with Gasteiger partial charge >= 0.3 is 0 Å². The number of nitrogens with zero attached hydrogens (tertiary/aromatic N) is 3. The van der Waals surface area contributed by atoms with Crippen molar-refractivity contribution in [2.45, 2.75) is 13.3 Å². The van der Waals surface area contributed by atoms with Crippen LogP contribution < -0.4 is 10.2 Å². The number of nitrogens with one attached hydrogen (secondary N) is 1. The maximum absolute atomic E-state index is 12.1. The van der Waals surface area contributed by atoms with E-state index in [0.29, 0.717) is 13.1 Å². The molecule has 2 aromatic rings. The third-order valence-corrected chi connectivity index (χ3v) is 3.83. The second-order valence-corrected chi connectivity index (χ2v) is 5.39. The third-order valence-electron chi connectivity index (χ3n) is 3.83. The standard InChI is InChI=1S/C15H16F2N4O/c1-9-11-4-2-3-5-12(11)14(20-19-9)21-7-10(8-21)15(22)18-6-13(16)17/h2-5,10,13H,6-8H2,1H3,(H,18,22). The molecule has 116 valence electrons. The molecule has 22 heavy (non-hydrogen) atoms. The van der Waals surface area contributed by atoms with E-state index in [1.165, 1.54) is 0 Å². The van der Waals surface area contributed by atoms with Crippen molar-refractivity contribution in [3.05, 3.63) is 30.0 Å². The summed E-state index contributed by atoms with van der Waals surface area (Å²) in [6, 6.07) is 7.82. The largest absolute Gasteiger partial charge is 0.353 e. The Morgan fingerprint density at radius 3 is 2.68 bits per heavy atom. The Kier molecular flexibility index (Phi) is 3.87. The predicted molar refractivity (Wildman–Crippen MR) is 79.0 cm³/mol. The molecule has 0 atom stereocenters. The van der Waals surface area contributed by atoms with Gasteiger partial charge in [0, 0.05) is 23.9 Å². The van der Waals surface area contributed by atoms with Crippen molar-refractivity contribution in [3.63, 3.8) is 0 Å². The molecule has 7 heteroatoms. The molecule has 2 heterocycles. The van der Waals surface area contributed by atoms with E-state index in [-0.39, 0.29) is 11.8 Å². The molecule has 1 aromatic heterocycles. The second-order valence-electron chi connectivity index (χ2n) is 5.39. The number of rotatable bonds is 4. The quantitative estimate of drug-likeness (QED) is 0.935. The normalized spacial score (nSPS) is 15.2. The molecule has 1 aliphatic rings. The first-order valence-electron chi connectivity index (χ1n) is 7.09. The Morgan fingerprint density at radius 1 is 1.32 bits per heavy atom. The van der Waals surface area contributed by atoms with E-state index in [2.05, 4.69) is 15.5 Å². The molecule has 1 amide bonds. The van der Waals surface area contributed by atoms with Gasteiger partial charge < -0.3 is 10.2 Å². The van der Waals surface area contributed by atoms with Crippen molar-refractivity contribution >= 4 is 22.5 Å². The van der Waals surface area contributed by atoms with Gasteiger partial charge in [-0.15, -0.1) is 5.10 Å². The maximum Gasteiger partial charge on any atom is 0.255 e. The Hall–Kier alpha value is -2.31. The molecule has 0 saturated carbocycles. The fraction of sp³-hybridized carbons (Fsp3) is 0.400. The first kappa shape index (κ1) is 14.6. The van der Waals surface area contributed by atoms with Crippen LogP contribution in [-0.4, -0.2) is 42.2 Å². The lowest BCUT2D eigenvalue weighted by Gasteiger charge is -2.39. The van der Waals surface area contributed by atoms with E-state index in [0.717, 1.165) is 22.3 Å². The number of hydrogen-bond acceptors (Lipinski definition) is 4. The zero-order valence-electron chi connectivity index (χ0n) is 12.1. The number of carbonyl (C=O) groups is 1. The highest BCUT2D eigenvalue weighted by Gasteiger charge is 2.34. The molecule has 1 fully saturated rings. The van der Waals surface area contributed by atoms with Crippen LogP contribution in [0.4, 0.5) is 14.6 Å². The van der Waals surface area contributed by atoms with Crippen LogP contribution in [-0.2, 0) is 4.79 Å². The number of halogens is 2. The monoisotopic (exact) mass is 306 g/mol. The number of benzene rings is 1. The minimum Gasteiger partial charge on any atom is -0.353 e. The van der Waals surface area contributed by atoms with Crippen molar-refractivity contribution in [1.29, 1.82) is 0 Å². The van der Waals surface area contributed by atoms with Gasteiger partial charge in [-0.05, 0) is 6.92 Å². The fourth-order valence-corrected chi connectivity index (χ4v) is 2.60. The molecule has 1 saturated heterocycles. The topological polar surface area (TPSA) is 58.1 Å². The van der Waals surface area contributed by atoms with Crippen LogP contribution in [0.2, 0.25) is 0 Å². The number of aryl methyl sites for hydroxylation is 1. The molecular weight excluding hydrogens is 290 g/mol. The van der Waals surface area contributed by atoms with Crippen molar-refractivity contribution in [2.75, 3.05) is 24.5 Å². The number of fused-ring (bicyclic) bond motifs is 1. The first-order valence-corrected chi connectivity index (χ1v) is 7.09. The predicted octanol–water partition coefficient (Wildman–Crippen LogP) is 1.76. The molecule has 0 spiro atoms. The Bertz CT molecular complexity index is 701. The van der Waals surface area contributed by atoms with E-state index in [1.54, 1.807) is 0 Å². The summed E-state index contributed by atoms with van der Waals surface area (Å²) >= 11 is 0. The lowest BCUT2D eigenvalue weighted by molar-refractivity contribution is -0.126. The van der Waals surface area contributed by atoms with Crippen molar-refractivity contribution in [1.82, 2.24) is 15.5 Å². The van der Waals surface area contributed by atoms with Gasteiger partial charge in [0.05, 0.1) is 18.2 Å². The summed E-state index contributed by atoms with van der Waals surface area (Å²) in [4.78, 5) is 13.7. The number of anilines is 1. The number of hydrogen-bond donors (Lipinski definition) is 1. The average Bonchev–Trinajstić information content (AvgIpc) is 2.46. The summed E-state index contributed by atoms with van der Waals surface area (Å²) in [6.45, 7) is 2.24. The second kappa shape index (κ2) is 5.82. The molecule has 0 bridgehead atoms. The number of amides is 1. The lowest BCUT2D eigenvalue weighted by atomic mass is 9.98. The highest BCUT2D eigenvalue weighted by molar-refractivity contribution is 5.94. The zero-order chi connectivity index (χ0) is 15.7. The highest BCUT2D eigenvalue weighted by atomic mass is 19.3. The lowest BCUT2D eigenvalue weighted by Crippen LogP contribution is -2.54. The van der Waals surface area contributed by atoms with Gasteiger partial charge in [0.1, 0.15) is 0 Å². The summed E-state index contributed by atoms with van der Waals surface area (Å²) in [5, 5.41) is 12.6. The summed E-state index contributed by atoms with van der Waals surface area (Å²) in [5.74, 6) is 0.126. The molecule has 1 aromatic carbocycles. The Morgan fingerprint density at radius 2 is 2.00 bits per heavy atom. The smallest absolute Gasteiger partial charge is 0.255 e. The van der Waals surface area contributed by atoms with E-state index in [1.807, 2.05) is 36.1 Å². The van der Waals surface area contributed by atoms with Crippen LogP contribution in [0.1, 0.15) is 5.69 Å². The first-order chi connectivity index (χ1) is 10.6. The minimum atomic E-state index is -2.52. The van der Waals surface area contributed by atoms with Crippen LogP contribution in [0, 0.1) is 12.8 Å². The van der Waals surface area contributed by atoms with E-state index < -0.39 is 13.0 Å². The van der Waals surface area contributed by atoms with Gasteiger partial charge in [-0.25, -0.2) is 8.78 Å². The minimum absolute atomic E-state index is 0.277. The Labute approximate surface area is 126 Å². The summed E-state index contributed by atoms with van der Waals surface area (Å²) in [6.07, 6.45) is -2.52. The summed E-state index contributed by atoms with van der Waals surface area (Å²) < 4.78 is 24.2. The van der Waals surface area contributed by atoms with Gasteiger partial charge in [0.25, 0.3) is 6.43 Å². The van der Waals surface area contributed by atoms with E-state index >= 15 is 0 Å². The van der Waals surface area contributed by atoms with Gasteiger partial charge in [-0.2, -0.15) is 5.10 Å². The number of aromatic nitrogens is 2. The average molecular weight is 306 g/mol. The van der Waals surface area contributed by atoms with Gasteiger partial charge in [0.15, 0.2) is 5.82 Å². The number of alkyl halides is 2. The molecule has 1 aliphatic heterocycles. The molecule has 0 radical (unpaired) electrons. The summed E-state index contributed by atoms with van der Waals surface area (Å²) in [7, 11) is 0. The number of carbonyl (C=O) groups excluding carboxylic acids is 1. The van der Waals surface area contributed by atoms with Gasteiger partial charge in [0.2, 0.25) is 5.91 Å². The van der Waals surface area contributed by atoms with Crippen LogP contribution in [0.15, 0.2) is 24.3 Å². The van der Waals surface area contributed by atoms with Gasteiger partial charge in [-0.3, -0.25) is 4.79 Å². The van der Waals surface area contributed by atoms with Gasteiger partial charge in [-0.1, -0.05) is 24.3 Å². The molecule has 1 N–H and O–H groups in total. The van der Waals surface area contributed by atoms with Crippen LogP contribution in [0.25, 0.3) is 10.8 Å². The summed E-state index contributed by atoms with van der Waals surface area (Å²) in [5.41, 5.74) is 0.853. The Balaban J connectivity index is 1.71. The van der Waals surface area contributed by atoms with E-state index in [4.69, 9.17) is 0 Å². The molecule has 5 nitrogen and oxygen atoms in total. The van der Waals surface area contributed by atoms with Crippen LogP contribution in [0.5, 0.6) is 0 Å². The molecule has 0 aliphatic carbocycles. The maximum atomic E-state index is 12.1. The zero-order valence-corrected chi connectivity index (χ0v) is 12.1. The SMILES string of the molecule is Cc1nnc(N2CC(C(=O)NCC(F)F)C2)c2ccccc12. The van der Waals surface area contributed by atoms with Crippen molar-refractivity contribution in [2.24, 2.45) is 5.92 Å². The van der Waals surface area contributed by atoms with Crippen LogP contribution >= 0.6 is 0 Å². The third kappa shape index (κ3) is 2.70. The fourth-order valence-electron chi connectivity index (χ4n) is 2.60. The molecule has 0 unspecified atom stereocenters. The highest BCUT2D eigenvalue weighted by Crippen LogP contribution is 2.30. The van der Waals surface area contributed by atoms with Crippen LogP contribution in [0.3, 0.4) is 0 Å².